The number of carboxylic acid groups (broad SMARTS) is 1. The summed E-state index contributed by atoms with van der Waals surface area (Å²) in [5.74, 6) is -1.60. The lowest BCUT2D eigenvalue weighted by atomic mass is 10.3. The Hall–Kier alpha value is -1.76. The quantitative estimate of drug-likeness (QED) is 0.923. The molecule has 0 unspecified atom stereocenters. The van der Waals surface area contributed by atoms with Crippen molar-refractivity contribution in [1.29, 1.82) is 0 Å². The van der Waals surface area contributed by atoms with Gasteiger partial charge in [0, 0.05) is 6.07 Å². The number of aryl methyl sites for hydroxylation is 1. The molecule has 0 radical (unpaired) electrons. The second-order valence-corrected chi connectivity index (χ2v) is 4.15. The van der Waals surface area contributed by atoms with Gasteiger partial charge in [-0.25, -0.2) is 18.9 Å². The number of carbonyl (C=O) groups is 1. The lowest BCUT2D eigenvalue weighted by Crippen LogP contribution is -2.02. The van der Waals surface area contributed by atoms with Gasteiger partial charge in [0.05, 0.1) is 10.2 Å². The molecule has 0 aliphatic rings. The van der Waals surface area contributed by atoms with Crippen LogP contribution in [0.4, 0.5) is 4.39 Å². The Morgan fingerprint density at radius 2 is 2.24 bits per heavy atom. The van der Waals surface area contributed by atoms with Gasteiger partial charge in [-0.2, -0.15) is 0 Å². The van der Waals surface area contributed by atoms with Crippen molar-refractivity contribution >= 4 is 21.9 Å². The van der Waals surface area contributed by atoms with E-state index in [2.05, 4.69) is 26.0 Å². The zero-order valence-corrected chi connectivity index (χ0v) is 10.3. The molecule has 0 bridgehead atoms. The van der Waals surface area contributed by atoms with Crippen LogP contribution in [0.2, 0.25) is 0 Å². The molecule has 1 heterocycles. The van der Waals surface area contributed by atoms with Gasteiger partial charge in [-0.15, -0.1) is 5.10 Å². The molecule has 0 saturated carbocycles. The fraction of sp³-hybridized carbons (Fsp3) is 0.100. The molecule has 0 aliphatic carbocycles. The van der Waals surface area contributed by atoms with E-state index in [1.165, 1.54) is 16.8 Å². The van der Waals surface area contributed by atoms with Gasteiger partial charge in [0.15, 0.2) is 0 Å². The first-order chi connectivity index (χ1) is 7.99. The Morgan fingerprint density at radius 1 is 1.53 bits per heavy atom. The summed E-state index contributed by atoms with van der Waals surface area (Å²) < 4.78 is 14.9. The third kappa shape index (κ3) is 2.19. The van der Waals surface area contributed by atoms with Gasteiger partial charge >= 0.3 is 5.97 Å². The van der Waals surface area contributed by atoms with Gasteiger partial charge in [-0.1, -0.05) is 0 Å². The predicted molar refractivity (Wildman–Crippen MR) is 60.7 cm³/mol. The number of halogens is 2. The average molecular weight is 300 g/mol. The van der Waals surface area contributed by atoms with Crippen molar-refractivity contribution in [3.05, 3.63) is 40.1 Å². The number of hydrogen-bond donors (Lipinski definition) is 1. The zero-order valence-electron chi connectivity index (χ0n) is 8.69. The van der Waals surface area contributed by atoms with Crippen molar-refractivity contribution in [3.63, 3.8) is 0 Å². The monoisotopic (exact) mass is 299 g/mol. The normalized spacial score (nSPS) is 10.5. The minimum atomic E-state index is -1.22. The van der Waals surface area contributed by atoms with Crippen molar-refractivity contribution in [2.24, 2.45) is 0 Å². The minimum Gasteiger partial charge on any atom is -0.475 e. The summed E-state index contributed by atoms with van der Waals surface area (Å²) in [7, 11) is 0. The van der Waals surface area contributed by atoms with Crippen LogP contribution in [0, 0.1) is 12.7 Å². The van der Waals surface area contributed by atoms with E-state index in [-0.39, 0.29) is 5.82 Å². The lowest BCUT2D eigenvalue weighted by Gasteiger charge is -2.03. The molecule has 2 rings (SSSR count). The van der Waals surface area contributed by atoms with Crippen molar-refractivity contribution in [2.75, 3.05) is 0 Å². The second kappa shape index (κ2) is 4.25. The van der Waals surface area contributed by atoms with E-state index in [4.69, 9.17) is 5.11 Å². The van der Waals surface area contributed by atoms with Crippen LogP contribution in [0.3, 0.4) is 0 Å². The van der Waals surface area contributed by atoms with Crippen molar-refractivity contribution < 1.29 is 14.3 Å². The van der Waals surface area contributed by atoms with Crippen molar-refractivity contribution in [3.8, 4) is 5.69 Å². The van der Waals surface area contributed by atoms with Crippen LogP contribution in [0.15, 0.2) is 22.7 Å². The van der Waals surface area contributed by atoms with Crippen molar-refractivity contribution in [2.45, 2.75) is 6.92 Å². The molecule has 0 spiro atoms. The summed E-state index contributed by atoms with van der Waals surface area (Å²) in [5.41, 5.74) is 0.420. The highest BCUT2D eigenvalue weighted by molar-refractivity contribution is 9.10. The van der Waals surface area contributed by atoms with Gasteiger partial charge in [-0.05, 0) is 35.0 Å². The molecule has 0 fully saturated rings. The molecule has 1 aromatic heterocycles. The van der Waals surface area contributed by atoms with Gasteiger partial charge in [0.2, 0.25) is 0 Å². The maximum absolute atomic E-state index is 13.3. The fourth-order valence-corrected chi connectivity index (χ4v) is 1.59. The van der Waals surface area contributed by atoms with Gasteiger partial charge in [-0.3, -0.25) is 0 Å². The number of aromatic carboxylic acids is 1. The third-order valence-corrected chi connectivity index (χ3v) is 2.75. The topological polar surface area (TPSA) is 68.0 Å². The summed E-state index contributed by atoms with van der Waals surface area (Å²) in [6, 6.07) is 4.38. The van der Waals surface area contributed by atoms with Crippen LogP contribution in [0.5, 0.6) is 0 Å². The third-order valence-electron chi connectivity index (χ3n) is 2.11. The van der Waals surface area contributed by atoms with E-state index in [1.807, 2.05) is 0 Å². The molecule has 1 N–H and O–H groups in total. The molecule has 88 valence electrons. The largest absolute Gasteiger partial charge is 0.475 e. The maximum Gasteiger partial charge on any atom is 0.375 e. The summed E-state index contributed by atoms with van der Waals surface area (Å²) >= 11 is 3.03. The molecule has 0 saturated heterocycles. The van der Waals surface area contributed by atoms with Crippen LogP contribution >= 0.6 is 15.9 Å². The molecule has 5 nitrogen and oxygen atoms in total. The smallest absolute Gasteiger partial charge is 0.375 e. The number of benzene rings is 1. The summed E-state index contributed by atoms with van der Waals surface area (Å²) in [6.07, 6.45) is 0. The molecule has 7 heteroatoms. The van der Waals surface area contributed by atoms with E-state index in [9.17, 15) is 9.18 Å². The minimum absolute atomic E-state index is 0.314. The van der Waals surface area contributed by atoms with Crippen LogP contribution < -0.4 is 0 Å². The molecular weight excluding hydrogens is 293 g/mol. The number of hydrogen-bond acceptors (Lipinski definition) is 3. The second-order valence-electron chi connectivity index (χ2n) is 3.30. The van der Waals surface area contributed by atoms with Crippen LogP contribution in [-0.4, -0.2) is 25.8 Å². The van der Waals surface area contributed by atoms with E-state index in [0.717, 1.165) is 0 Å². The van der Waals surface area contributed by atoms with E-state index >= 15 is 0 Å². The molecule has 0 atom stereocenters. The number of aromatic nitrogens is 3. The first-order valence-electron chi connectivity index (χ1n) is 4.61. The summed E-state index contributed by atoms with van der Waals surface area (Å²) in [4.78, 5) is 14.5. The molecular formula is C10H7BrFN3O2. The Kier molecular flexibility index (Phi) is 2.93. The Morgan fingerprint density at radius 3 is 2.76 bits per heavy atom. The average Bonchev–Trinajstić information content (AvgIpc) is 2.65. The molecule has 2 aromatic rings. The summed E-state index contributed by atoms with van der Waals surface area (Å²) in [6.45, 7) is 1.60. The van der Waals surface area contributed by atoms with Gasteiger partial charge in [0.1, 0.15) is 11.6 Å². The SMILES string of the molecule is Cc1nc(C(=O)O)nn1-c1ccc(Br)c(F)c1. The van der Waals surface area contributed by atoms with Crippen LogP contribution in [-0.2, 0) is 0 Å². The summed E-state index contributed by atoms with van der Waals surface area (Å²) in [5, 5.41) is 12.5. The Bertz CT molecular complexity index is 597. The number of carboxylic acids is 1. The van der Waals surface area contributed by atoms with E-state index in [0.29, 0.717) is 16.0 Å². The van der Waals surface area contributed by atoms with Gasteiger partial charge in [0.25, 0.3) is 5.82 Å². The first kappa shape index (κ1) is 11.7. The van der Waals surface area contributed by atoms with E-state index in [1.54, 1.807) is 13.0 Å². The number of rotatable bonds is 2. The number of nitrogens with zero attached hydrogens (tertiary/aromatic N) is 3. The Balaban J connectivity index is 2.52. The fourth-order valence-electron chi connectivity index (χ4n) is 1.34. The first-order valence-corrected chi connectivity index (χ1v) is 5.40. The lowest BCUT2D eigenvalue weighted by molar-refractivity contribution is 0.0683. The standard InChI is InChI=1S/C10H7BrFN3O2/c1-5-13-9(10(16)17)14-15(5)6-2-3-7(11)8(12)4-6/h2-4H,1H3,(H,16,17). The highest BCUT2D eigenvalue weighted by Gasteiger charge is 2.14. The Labute approximate surface area is 104 Å². The van der Waals surface area contributed by atoms with Crippen LogP contribution in [0.25, 0.3) is 5.69 Å². The molecule has 0 aliphatic heterocycles. The van der Waals surface area contributed by atoms with E-state index < -0.39 is 11.8 Å². The molecule has 0 amide bonds. The zero-order chi connectivity index (χ0) is 12.6. The highest BCUT2D eigenvalue weighted by Crippen LogP contribution is 2.19. The maximum atomic E-state index is 13.3. The highest BCUT2D eigenvalue weighted by atomic mass is 79.9. The molecule has 17 heavy (non-hydrogen) atoms. The van der Waals surface area contributed by atoms with Gasteiger partial charge < -0.3 is 5.11 Å². The van der Waals surface area contributed by atoms with Crippen molar-refractivity contribution in [1.82, 2.24) is 14.8 Å². The molecule has 1 aromatic carbocycles. The van der Waals surface area contributed by atoms with Crippen LogP contribution in [0.1, 0.15) is 16.4 Å². The predicted octanol–water partition coefficient (Wildman–Crippen LogP) is 2.18.